The van der Waals surface area contributed by atoms with Crippen LogP contribution in [0.25, 0.3) is 16.7 Å². The van der Waals surface area contributed by atoms with E-state index in [0.29, 0.717) is 22.3 Å². The molecular formula is C17H14F3N3O2. The third-order valence-electron chi connectivity index (χ3n) is 3.77. The van der Waals surface area contributed by atoms with Crippen molar-refractivity contribution in [3.63, 3.8) is 0 Å². The molecule has 0 fully saturated rings. The summed E-state index contributed by atoms with van der Waals surface area (Å²) >= 11 is 0. The molecule has 25 heavy (non-hydrogen) atoms. The van der Waals surface area contributed by atoms with Crippen LogP contribution < -0.4 is 0 Å². The number of benzene rings is 1. The van der Waals surface area contributed by atoms with Gasteiger partial charge in [0.05, 0.1) is 17.7 Å². The van der Waals surface area contributed by atoms with Gasteiger partial charge in [-0.1, -0.05) is 0 Å². The molecule has 0 saturated heterocycles. The summed E-state index contributed by atoms with van der Waals surface area (Å²) in [6, 6.07) is 5.04. The molecule has 2 heterocycles. The van der Waals surface area contributed by atoms with Gasteiger partial charge in [-0.3, -0.25) is 0 Å². The number of carbonyl (C=O) groups excluding carboxylic acids is 1. The lowest BCUT2D eigenvalue weighted by Gasteiger charge is -2.11. The maximum atomic E-state index is 12.8. The van der Waals surface area contributed by atoms with Crippen molar-refractivity contribution in [1.29, 1.82) is 0 Å². The van der Waals surface area contributed by atoms with Gasteiger partial charge in [0.2, 0.25) is 0 Å². The largest absolute Gasteiger partial charge is 0.461 e. The fraction of sp³-hybridized carbons (Fsp3) is 0.235. The minimum atomic E-state index is -4.40. The Balaban J connectivity index is 2.11. The standard InChI is InChI=1S/C17H14F3N3O2/c1-3-25-16(24)14-10(2)15(22-9-21-14)23-7-6-11-8-12(17(18,19)20)4-5-13(11)23/h4-9H,3H2,1-2H3. The highest BCUT2D eigenvalue weighted by molar-refractivity contribution is 5.90. The Morgan fingerprint density at radius 1 is 1.24 bits per heavy atom. The van der Waals surface area contributed by atoms with Crippen LogP contribution in [-0.4, -0.2) is 27.1 Å². The van der Waals surface area contributed by atoms with Gasteiger partial charge in [0.25, 0.3) is 0 Å². The van der Waals surface area contributed by atoms with E-state index in [-0.39, 0.29) is 12.3 Å². The Bertz CT molecular complexity index is 948. The molecule has 3 aromatic rings. The van der Waals surface area contributed by atoms with Crippen LogP contribution in [0.3, 0.4) is 0 Å². The zero-order valence-corrected chi connectivity index (χ0v) is 13.5. The van der Waals surface area contributed by atoms with Crippen molar-refractivity contribution in [2.24, 2.45) is 0 Å². The van der Waals surface area contributed by atoms with Gasteiger partial charge in [0.1, 0.15) is 12.1 Å². The molecule has 0 aliphatic carbocycles. The van der Waals surface area contributed by atoms with E-state index in [2.05, 4.69) is 9.97 Å². The Morgan fingerprint density at radius 2 is 2.00 bits per heavy atom. The average Bonchev–Trinajstić information content (AvgIpc) is 2.97. The van der Waals surface area contributed by atoms with Gasteiger partial charge in [-0.2, -0.15) is 13.2 Å². The van der Waals surface area contributed by atoms with Gasteiger partial charge in [-0.15, -0.1) is 0 Å². The Kier molecular flexibility index (Phi) is 4.20. The van der Waals surface area contributed by atoms with E-state index < -0.39 is 17.7 Å². The van der Waals surface area contributed by atoms with E-state index in [1.54, 1.807) is 30.7 Å². The van der Waals surface area contributed by atoms with Gasteiger partial charge in [-0.05, 0) is 38.1 Å². The normalized spacial score (nSPS) is 11.7. The lowest BCUT2D eigenvalue weighted by molar-refractivity contribution is -0.137. The molecule has 0 radical (unpaired) electrons. The molecule has 0 N–H and O–H groups in total. The molecule has 0 bridgehead atoms. The predicted octanol–water partition coefficient (Wildman–Crippen LogP) is 3.92. The van der Waals surface area contributed by atoms with Gasteiger partial charge >= 0.3 is 12.1 Å². The first-order valence-electron chi connectivity index (χ1n) is 7.50. The first-order chi connectivity index (χ1) is 11.8. The smallest absolute Gasteiger partial charge is 0.416 e. The number of aromatic nitrogens is 3. The monoisotopic (exact) mass is 349 g/mol. The van der Waals surface area contributed by atoms with Crippen LogP contribution >= 0.6 is 0 Å². The summed E-state index contributed by atoms with van der Waals surface area (Å²) in [4.78, 5) is 20.1. The molecule has 0 amide bonds. The lowest BCUT2D eigenvalue weighted by Crippen LogP contribution is -2.12. The number of carbonyl (C=O) groups is 1. The first-order valence-corrected chi connectivity index (χ1v) is 7.50. The maximum Gasteiger partial charge on any atom is 0.416 e. The van der Waals surface area contributed by atoms with Crippen molar-refractivity contribution in [2.75, 3.05) is 6.61 Å². The van der Waals surface area contributed by atoms with E-state index in [4.69, 9.17) is 4.74 Å². The highest BCUT2D eigenvalue weighted by Gasteiger charge is 2.30. The van der Waals surface area contributed by atoms with E-state index >= 15 is 0 Å². The lowest BCUT2D eigenvalue weighted by atomic mass is 10.1. The summed E-state index contributed by atoms with van der Waals surface area (Å²) in [6.07, 6.45) is -1.57. The zero-order chi connectivity index (χ0) is 18.2. The highest BCUT2D eigenvalue weighted by Crippen LogP contribution is 2.32. The van der Waals surface area contributed by atoms with Crippen LogP contribution in [0.15, 0.2) is 36.8 Å². The van der Waals surface area contributed by atoms with Crippen molar-refractivity contribution < 1.29 is 22.7 Å². The molecule has 3 rings (SSSR count). The molecule has 2 aromatic heterocycles. The van der Waals surface area contributed by atoms with E-state index in [1.807, 2.05) is 0 Å². The summed E-state index contributed by atoms with van der Waals surface area (Å²) in [5, 5.41) is 0.422. The topological polar surface area (TPSA) is 57.0 Å². The Hall–Kier alpha value is -2.90. The Morgan fingerprint density at radius 3 is 2.68 bits per heavy atom. The van der Waals surface area contributed by atoms with Crippen LogP contribution in [0.1, 0.15) is 28.5 Å². The van der Waals surface area contributed by atoms with Crippen molar-refractivity contribution in [2.45, 2.75) is 20.0 Å². The third-order valence-corrected chi connectivity index (χ3v) is 3.77. The summed E-state index contributed by atoms with van der Waals surface area (Å²) < 4.78 is 45.1. The molecule has 0 atom stereocenters. The van der Waals surface area contributed by atoms with Gasteiger partial charge in [-0.25, -0.2) is 14.8 Å². The number of fused-ring (bicyclic) bond motifs is 1. The van der Waals surface area contributed by atoms with Crippen molar-refractivity contribution in [3.8, 4) is 5.82 Å². The SMILES string of the molecule is CCOC(=O)c1ncnc(-n2ccc3cc(C(F)(F)F)ccc32)c1C. The highest BCUT2D eigenvalue weighted by atomic mass is 19.4. The number of alkyl halides is 3. The third kappa shape index (κ3) is 3.07. The van der Waals surface area contributed by atoms with Gasteiger partial charge in [0.15, 0.2) is 5.69 Å². The molecule has 0 aliphatic heterocycles. The molecule has 130 valence electrons. The van der Waals surface area contributed by atoms with Crippen molar-refractivity contribution in [1.82, 2.24) is 14.5 Å². The van der Waals surface area contributed by atoms with Gasteiger partial charge < -0.3 is 9.30 Å². The second-order valence-corrected chi connectivity index (χ2v) is 5.35. The number of halogens is 3. The minimum absolute atomic E-state index is 0.126. The zero-order valence-electron chi connectivity index (χ0n) is 13.5. The van der Waals surface area contributed by atoms with Crippen LogP contribution in [0.4, 0.5) is 13.2 Å². The maximum absolute atomic E-state index is 12.8. The van der Waals surface area contributed by atoms with Crippen LogP contribution in [0, 0.1) is 6.92 Å². The van der Waals surface area contributed by atoms with E-state index in [0.717, 1.165) is 12.1 Å². The summed E-state index contributed by atoms with van der Waals surface area (Å²) in [7, 11) is 0. The van der Waals surface area contributed by atoms with Crippen LogP contribution in [0.2, 0.25) is 0 Å². The predicted molar refractivity (Wildman–Crippen MR) is 84.6 cm³/mol. The first kappa shape index (κ1) is 16.9. The molecular weight excluding hydrogens is 335 g/mol. The van der Waals surface area contributed by atoms with Crippen LogP contribution in [0.5, 0.6) is 0 Å². The quantitative estimate of drug-likeness (QED) is 0.673. The number of esters is 1. The fourth-order valence-electron chi connectivity index (χ4n) is 2.59. The second kappa shape index (κ2) is 6.19. The van der Waals surface area contributed by atoms with E-state index in [9.17, 15) is 18.0 Å². The van der Waals surface area contributed by atoms with Crippen LogP contribution in [-0.2, 0) is 10.9 Å². The minimum Gasteiger partial charge on any atom is -0.461 e. The van der Waals surface area contributed by atoms with E-state index in [1.165, 1.54) is 12.4 Å². The number of hydrogen-bond acceptors (Lipinski definition) is 4. The average molecular weight is 349 g/mol. The number of rotatable bonds is 3. The van der Waals surface area contributed by atoms with Crippen molar-refractivity contribution >= 4 is 16.9 Å². The molecule has 1 aromatic carbocycles. The molecule has 5 nitrogen and oxygen atoms in total. The fourth-order valence-corrected chi connectivity index (χ4v) is 2.59. The summed E-state index contributed by atoms with van der Waals surface area (Å²) in [6.45, 7) is 3.56. The second-order valence-electron chi connectivity index (χ2n) is 5.35. The van der Waals surface area contributed by atoms with Crippen molar-refractivity contribution in [3.05, 3.63) is 53.6 Å². The number of hydrogen-bond donors (Lipinski definition) is 0. The summed E-state index contributed by atoms with van der Waals surface area (Å²) in [5.41, 5.74) is 0.438. The molecule has 0 spiro atoms. The molecule has 0 unspecified atom stereocenters. The van der Waals surface area contributed by atoms with Gasteiger partial charge in [0, 0.05) is 17.1 Å². The number of nitrogens with zero attached hydrogens (tertiary/aromatic N) is 3. The summed E-state index contributed by atoms with van der Waals surface area (Å²) in [5.74, 6) is -0.160. The molecule has 0 aliphatic rings. The Labute approximate surface area is 141 Å². The molecule has 0 saturated carbocycles. The molecule has 8 heteroatoms. The number of ether oxygens (including phenoxy) is 1.